The van der Waals surface area contributed by atoms with Crippen molar-refractivity contribution in [3.05, 3.63) is 50.2 Å². The van der Waals surface area contributed by atoms with Crippen LogP contribution in [0.5, 0.6) is 0 Å². The molecule has 0 radical (unpaired) electrons. The molecule has 3 heterocycles. The standard InChI is InChI=1S/C20H23N5O4/c1-11-5-12(2)7-14(6-11)23-8-13(3)9-24-16-17(21-19(23)24)22(4)20(29)25(18(16)28)10-15(26)27/h5-7,13H,8-10H2,1-4H3,(H,26,27)/p-1/t13-/m0/s1. The summed E-state index contributed by atoms with van der Waals surface area (Å²) in [5.74, 6) is -0.708. The number of aryl methyl sites for hydroxylation is 3. The van der Waals surface area contributed by atoms with Crippen LogP contribution in [0.3, 0.4) is 0 Å². The van der Waals surface area contributed by atoms with E-state index in [1.54, 1.807) is 4.57 Å². The van der Waals surface area contributed by atoms with Crippen molar-refractivity contribution in [2.45, 2.75) is 33.9 Å². The summed E-state index contributed by atoms with van der Waals surface area (Å²) < 4.78 is 3.69. The van der Waals surface area contributed by atoms with Crippen molar-refractivity contribution in [1.29, 1.82) is 0 Å². The van der Waals surface area contributed by atoms with E-state index in [9.17, 15) is 19.5 Å². The molecule has 0 amide bonds. The van der Waals surface area contributed by atoms with Gasteiger partial charge >= 0.3 is 5.69 Å². The quantitative estimate of drug-likeness (QED) is 0.620. The number of imidazole rings is 1. The van der Waals surface area contributed by atoms with Crippen molar-refractivity contribution in [1.82, 2.24) is 18.7 Å². The Kier molecular flexibility index (Phi) is 4.33. The first-order valence-corrected chi connectivity index (χ1v) is 9.43. The van der Waals surface area contributed by atoms with Gasteiger partial charge in [0.2, 0.25) is 5.95 Å². The lowest BCUT2D eigenvalue weighted by atomic mass is 10.1. The molecule has 1 aromatic carbocycles. The van der Waals surface area contributed by atoms with Crippen molar-refractivity contribution in [3.8, 4) is 0 Å². The van der Waals surface area contributed by atoms with Gasteiger partial charge in [-0.05, 0) is 43.0 Å². The molecule has 0 fully saturated rings. The molecule has 0 bridgehead atoms. The number of carboxylic acids is 1. The molecule has 0 N–H and O–H groups in total. The normalized spacial score (nSPS) is 16.3. The monoisotopic (exact) mass is 396 g/mol. The molecule has 2 aromatic heterocycles. The van der Waals surface area contributed by atoms with Gasteiger partial charge in [0.15, 0.2) is 11.2 Å². The average Bonchev–Trinajstić information content (AvgIpc) is 3.01. The third-order valence-corrected chi connectivity index (χ3v) is 5.25. The Morgan fingerprint density at radius 3 is 2.45 bits per heavy atom. The maximum absolute atomic E-state index is 13.0. The number of anilines is 2. The van der Waals surface area contributed by atoms with E-state index in [2.05, 4.69) is 30.1 Å². The van der Waals surface area contributed by atoms with Crippen LogP contribution in [0, 0.1) is 19.8 Å². The van der Waals surface area contributed by atoms with Crippen LogP contribution in [0.1, 0.15) is 18.1 Å². The smallest absolute Gasteiger partial charge is 0.332 e. The molecule has 9 nitrogen and oxygen atoms in total. The number of aromatic nitrogens is 4. The molecule has 29 heavy (non-hydrogen) atoms. The molecule has 1 atom stereocenters. The summed E-state index contributed by atoms with van der Waals surface area (Å²) in [6.45, 7) is 6.59. The summed E-state index contributed by atoms with van der Waals surface area (Å²) in [5.41, 5.74) is 2.27. The average molecular weight is 396 g/mol. The molecule has 1 aliphatic rings. The third-order valence-electron chi connectivity index (χ3n) is 5.25. The molecule has 0 saturated carbocycles. The van der Waals surface area contributed by atoms with Crippen molar-refractivity contribution >= 4 is 28.8 Å². The first kappa shape index (κ1) is 19.0. The van der Waals surface area contributed by atoms with Crippen LogP contribution in [0.2, 0.25) is 0 Å². The van der Waals surface area contributed by atoms with Crippen LogP contribution in [-0.2, 0) is 24.9 Å². The summed E-state index contributed by atoms with van der Waals surface area (Å²) >= 11 is 0. The Bertz CT molecular complexity index is 1250. The van der Waals surface area contributed by atoms with Crippen molar-refractivity contribution in [2.75, 3.05) is 11.4 Å². The Morgan fingerprint density at radius 2 is 1.83 bits per heavy atom. The molecule has 0 saturated heterocycles. The lowest BCUT2D eigenvalue weighted by Crippen LogP contribution is -2.44. The molecular weight excluding hydrogens is 374 g/mol. The van der Waals surface area contributed by atoms with Gasteiger partial charge in [0.1, 0.15) is 0 Å². The number of aliphatic carboxylic acids is 1. The van der Waals surface area contributed by atoms with Crippen LogP contribution in [0.15, 0.2) is 27.8 Å². The SMILES string of the molecule is Cc1cc(C)cc(N2C[C@H](C)Cn3c2nc2c3c(=O)n(CC(=O)[O-])c(=O)n2C)c1. The number of hydrogen-bond donors (Lipinski definition) is 0. The number of carboxylic acid groups (broad SMARTS) is 1. The van der Waals surface area contributed by atoms with Gasteiger partial charge in [-0.25, -0.2) is 4.79 Å². The second-order valence-corrected chi connectivity index (χ2v) is 7.86. The maximum atomic E-state index is 13.0. The van der Waals surface area contributed by atoms with Gasteiger partial charge in [-0.2, -0.15) is 4.98 Å². The number of hydrogen-bond acceptors (Lipinski definition) is 6. The van der Waals surface area contributed by atoms with Crippen molar-refractivity contribution in [2.24, 2.45) is 13.0 Å². The molecule has 9 heteroatoms. The van der Waals surface area contributed by atoms with Crippen molar-refractivity contribution < 1.29 is 9.90 Å². The van der Waals surface area contributed by atoms with E-state index in [0.717, 1.165) is 16.8 Å². The highest BCUT2D eigenvalue weighted by molar-refractivity contribution is 5.77. The molecule has 0 unspecified atom stereocenters. The van der Waals surface area contributed by atoms with E-state index in [4.69, 9.17) is 0 Å². The zero-order valence-corrected chi connectivity index (χ0v) is 16.8. The minimum atomic E-state index is -1.49. The van der Waals surface area contributed by atoms with Crippen LogP contribution < -0.4 is 21.3 Å². The molecule has 3 aromatic rings. The Labute approximate surface area is 166 Å². The van der Waals surface area contributed by atoms with E-state index in [1.807, 2.05) is 18.7 Å². The van der Waals surface area contributed by atoms with Crippen LogP contribution in [0.4, 0.5) is 11.6 Å². The van der Waals surface area contributed by atoms with Gasteiger partial charge in [-0.1, -0.05) is 13.0 Å². The fraction of sp³-hybridized carbons (Fsp3) is 0.400. The highest BCUT2D eigenvalue weighted by Crippen LogP contribution is 2.33. The number of benzene rings is 1. The highest BCUT2D eigenvalue weighted by Gasteiger charge is 2.30. The predicted molar refractivity (Wildman–Crippen MR) is 106 cm³/mol. The molecular formula is C20H22N5O4-. The second kappa shape index (κ2) is 6.61. The molecule has 152 valence electrons. The fourth-order valence-corrected chi connectivity index (χ4v) is 4.10. The molecule has 0 spiro atoms. The van der Waals surface area contributed by atoms with Crippen LogP contribution >= 0.6 is 0 Å². The molecule has 4 rings (SSSR count). The van der Waals surface area contributed by atoms with E-state index in [1.165, 1.54) is 11.6 Å². The topological polar surface area (TPSA) is 105 Å². The Balaban J connectivity index is 2.02. The van der Waals surface area contributed by atoms with Crippen LogP contribution in [0.25, 0.3) is 11.2 Å². The summed E-state index contributed by atoms with van der Waals surface area (Å²) in [5, 5.41) is 11.1. The first-order valence-electron chi connectivity index (χ1n) is 9.43. The minimum Gasteiger partial charge on any atom is -0.548 e. The number of nitrogens with zero attached hydrogens (tertiary/aromatic N) is 5. The van der Waals surface area contributed by atoms with Gasteiger partial charge in [0, 0.05) is 25.8 Å². The van der Waals surface area contributed by atoms with Gasteiger partial charge in [-0.15, -0.1) is 0 Å². The van der Waals surface area contributed by atoms with Crippen molar-refractivity contribution in [3.63, 3.8) is 0 Å². The van der Waals surface area contributed by atoms with Crippen LogP contribution in [-0.4, -0.2) is 31.2 Å². The van der Waals surface area contributed by atoms with Gasteiger partial charge in [0.25, 0.3) is 5.56 Å². The first-order chi connectivity index (χ1) is 13.7. The van der Waals surface area contributed by atoms with Gasteiger partial charge < -0.3 is 19.4 Å². The number of carbonyl (C=O) groups is 1. The zero-order valence-electron chi connectivity index (χ0n) is 16.8. The van der Waals surface area contributed by atoms with Gasteiger partial charge in [-0.3, -0.25) is 13.9 Å². The van der Waals surface area contributed by atoms with Gasteiger partial charge in [0.05, 0.1) is 12.5 Å². The number of carbonyl (C=O) groups excluding carboxylic acids is 1. The Morgan fingerprint density at radius 1 is 1.17 bits per heavy atom. The van der Waals surface area contributed by atoms with E-state index >= 15 is 0 Å². The van der Waals surface area contributed by atoms with E-state index in [0.29, 0.717) is 23.6 Å². The largest absolute Gasteiger partial charge is 0.548 e. The number of fused-ring (bicyclic) bond motifs is 3. The lowest BCUT2D eigenvalue weighted by molar-refractivity contribution is -0.306. The third kappa shape index (κ3) is 3.02. The zero-order chi connectivity index (χ0) is 21.0. The summed E-state index contributed by atoms with van der Waals surface area (Å²) in [7, 11) is 1.49. The minimum absolute atomic E-state index is 0.215. The highest BCUT2D eigenvalue weighted by atomic mass is 16.4. The summed E-state index contributed by atoms with van der Waals surface area (Å²) in [4.78, 5) is 43.3. The molecule has 0 aliphatic carbocycles. The van der Waals surface area contributed by atoms with E-state index < -0.39 is 23.8 Å². The second-order valence-electron chi connectivity index (χ2n) is 7.86. The molecule has 1 aliphatic heterocycles. The van der Waals surface area contributed by atoms with E-state index in [-0.39, 0.29) is 17.1 Å². The maximum Gasteiger partial charge on any atom is 0.332 e. The lowest BCUT2D eigenvalue weighted by Gasteiger charge is -2.33. The number of rotatable bonds is 3. The summed E-state index contributed by atoms with van der Waals surface area (Å²) in [6.07, 6.45) is 0. The summed E-state index contributed by atoms with van der Waals surface area (Å²) in [6, 6.07) is 6.20. The fourth-order valence-electron chi connectivity index (χ4n) is 4.10. The predicted octanol–water partition coefficient (Wildman–Crippen LogP) is 0.0512. The Hall–Kier alpha value is -3.36.